The average Bonchev–Trinajstić information content (AvgIpc) is 2.98. The van der Waals surface area contributed by atoms with E-state index in [1.165, 1.54) is 22.2 Å². The van der Waals surface area contributed by atoms with Gasteiger partial charge in [0.25, 0.3) is 0 Å². The highest BCUT2D eigenvalue weighted by Crippen LogP contribution is 2.20. The summed E-state index contributed by atoms with van der Waals surface area (Å²) in [7, 11) is 0. The first kappa shape index (κ1) is 14.3. The molecule has 0 unspecified atom stereocenters. The molecule has 1 N–H and O–H groups in total. The molecule has 0 aliphatic carbocycles. The van der Waals surface area contributed by atoms with Crippen LogP contribution in [0.15, 0.2) is 48.7 Å². The lowest BCUT2D eigenvalue weighted by Gasteiger charge is -2.35. The maximum Gasteiger partial charge on any atom is 0.131 e. The van der Waals surface area contributed by atoms with Crippen molar-refractivity contribution in [1.82, 2.24) is 14.9 Å². The number of pyridine rings is 1. The van der Waals surface area contributed by atoms with E-state index in [0.29, 0.717) is 0 Å². The van der Waals surface area contributed by atoms with Crippen LogP contribution in [-0.4, -0.2) is 41.0 Å². The van der Waals surface area contributed by atoms with Crippen LogP contribution in [0.5, 0.6) is 0 Å². The summed E-state index contributed by atoms with van der Waals surface area (Å²) in [6, 6.07) is 14.9. The fourth-order valence-corrected chi connectivity index (χ4v) is 3.39. The zero-order valence-electron chi connectivity index (χ0n) is 13.5. The molecule has 1 aliphatic rings. The maximum atomic E-state index is 4.54. The molecule has 0 amide bonds. The van der Waals surface area contributed by atoms with E-state index in [0.717, 1.165) is 38.5 Å². The van der Waals surface area contributed by atoms with Gasteiger partial charge in [0, 0.05) is 50.1 Å². The normalized spacial score (nSPS) is 16.1. The van der Waals surface area contributed by atoms with E-state index in [2.05, 4.69) is 63.1 Å². The first-order valence-corrected chi connectivity index (χ1v) is 8.25. The van der Waals surface area contributed by atoms with E-state index in [1.807, 2.05) is 12.3 Å². The lowest BCUT2D eigenvalue weighted by Crippen LogP contribution is -2.46. The molecule has 1 saturated heterocycles. The minimum Gasteiger partial charge on any atom is -0.357 e. The van der Waals surface area contributed by atoms with Crippen LogP contribution in [0.2, 0.25) is 0 Å². The Morgan fingerprint density at radius 3 is 2.65 bits per heavy atom. The number of H-pyrrole nitrogens is 1. The van der Waals surface area contributed by atoms with Crippen molar-refractivity contribution in [1.29, 1.82) is 0 Å². The van der Waals surface area contributed by atoms with Gasteiger partial charge in [0.05, 0.1) is 0 Å². The summed E-state index contributed by atoms with van der Waals surface area (Å²) < 4.78 is 0. The van der Waals surface area contributed by atoms with Crippen molar-refractivity contribution in [3.63, 3.8) is 0 Å². The molecule has 4 nitrogen and oxygen atoms in total. The van der Waals surface area contributed by atoms with E-state index in [4.69, 9.17) is 0 Å². The fourth-order valence-electron chi connectivity index (χ4n) is 3.39. The molecule has 4 heteroatoms. The smallest absolute Gasteiger partial charge is 0.131 e. The third-order valence-corrected chi connectivity index (χ3v) is 4.63. The standard InChI is InChI=1S/C19H22N4/c1-15-5-4-8-20-19(15)23-11-9-22(10-12-23)14-17-13-16-6-2-3-7-18(16)21-17/h2-8,13,21H,9-12,14H2,1H3. The van der Waals surface area contributed by atoms with Crippen LogP contribution in [0.25, 0.3) is 10.9 Å². The molecule has 0 saturated carbocycles. The quantitative estimate of drug-likeness (QED) is 0.807. The topological polar surface area (TPSA) is 35.2 Å². The highest BCUT2D eigenvalue weighted by molar-refractivity contribution is 5.80. The molecule has 0 atom stereocenters. The number of piperazine rings is 1. The Kier molecular flexibility index (Phi) is 3.75. The van der Waals surface area contributed by atoms with Gasteiger partial charge in [-0.25, -0.2) is 4.98 Å². The number of nitrogens with one attached hydrogen (secondary N) is 1. The van der Waals surface area contributed by atoms with Gasteiger partial charge in [0.15, 0.2) is 0 Å². The van der Waals surface area contributed by atoms with Gasteiger partial charge in [0.2, 0.25) is 0 Å². The second-order valence-corrected chi connectivity index (χ2v) is 6.29. The van der Waals surface area contributed by atoms with Crippen LogP contribution in [0.1, 0.15) is 11.3 Å². The van der Waals surface area contributed by atoms with Gasteiger partial charge >= 0.3 is 0 Å². The van der Waals surface area contributed by atoms with E-state index in [-0.39, 0.29) is 0 Å². The molecule has 118 valence electrons. The molecule has 4 rings (SSSR count). The molecule has 1 aliphatic heterocycles. The molecule has 2 aromatic heterocycles. The van der Waals surface area contributed by atoms with Gasteiger partial charge in [-0.3, -0.25) is 4.90 Å². The van der Waals surface area contributed by atoms with E-state index >= 15 is 0 Å². The number of aryl methyl sites for hydroxylation is 1. The average molecular weight is 306 g/mol. The Labute approximate surface area is 136 Å². The molecule has 0 spiro atoms. The molecule has 1 aromatic carbocycles. The molecule has 0 bridgehead atoms. The lowest BCUT2D eigenvalue weighted by molar-refractivity contribution is 0.247. The lowest BCUT2D eigenvalue weighted by atomic mass is 10.2. The van der Waals surface area contributed by atoms with E-state index in [9.17, 15) is 0 Å². The van der Waals surface area contributed by atoms with Crippen molar-refractivity contribution in [3.8, 4) is 0 Å². The van der Waals surface area contributed by atoms with Crippen molar-refractivity contribution < 1.29 is 0 Å². The highest BCUT2D eigenvalue weighted by atomic mass is 15.3. The summed E-state index contributed by atoms with van der Waals surface area (Å²) in [6.45, 7) is 7.36. The number of anilines is 1. The fraction of sp³-hybridized carbons (Fsp3) is 0.316. The van der Waals surface area contributed by atoms with E-state index < -0.39 is 0 Å². The second kappa shape index (κ2) is 6.05. The van der Waals surface area contributed by atoms with Gasteiger partial charge in [0.1, 0.15) is 5.82 Å². The summed E-state index contributed by atoms with van der Waals surface area (Å²) >= 11 is 0. The van der Waals surface area contributed by atoms with Crippen LogP contribution in [0.4, 0.5) is 5.82 Å². The number of hydrogen-bond acceptors (Lipinski definition) is 3. The van der Waals surface area contributed by atoms with E-state index in [1.54, 1.807) is 0 Å². The van der Waals surface area contributed by atoms with Gasteiger partial charge < -0.3 is 9.88 Å². The number of fused-ring (bicyclic) bond motifs is 1. The van der Waals surface area contributed by atoms with Gasteiger partial charge in [-0.15, -0.1) is 0 Å². The zero-order valence-corrected chi connectivity index (χ0v) is 13.5. The predicted octanol–water partition coefficient (Wildman–Crippen LogP) is 3.19. The summed E-state index contributed by atoms with van der Waals surface area (Å²) in [5.41, 5.74) is 3.79. The van der Waals surface area contributed by atoms with Crippen LogP contribution in [-0.2, 0) is 6.54 Å². The number of aromatic amines is 1. The summed E-state index contributed by atoms with van der Waals surface area (Å²) in [5, 5.41) is 1.30. The van der Waals surface area contributed by atoms with Crippen molar-refractivity contribution >= 4 is 16.7 Å². The Morgan fingerprint density at radius 2 is 1.87 bits per heavy atom. The number of rotatable bonds is 3. The first-order valence-electron chi connectivity index (χ1n) is 8.25. The predicted molar refractivity (Wildman–Crippen MR) is 94.8 cm³/mol. The van der Waals surface area contributed by atoms with Gasteiger partial charge in [-0.05, 0) is 36.1 Å². The zero-order chi connectivity index (χ0) is 15.6. The Balaban J connectivity index is 1.41. The van der Waals surface area contributed by atoms with Crippen LogP contribution < -0.4 is 4.90 Å². The second-order valence-electron chi connectivity index (χ2n) is 6.29. The number of para-hydroxylation sites is 1. The third-order valence-electron chi connectivity index (χ3n) is 4.63. The van der Waals surface area contributed by atoms with Gasteiger partial charge in [-0.2, -0.15) is 0 Å². The summed E-state index contributed by atoms with van der Waals surface area (Å²) in [4.78, 5) is 13.0. The van der Waals surface area contributed by atoms with Gasteiger partial charge in [-0.1, -0.05) is 24.3 Å². The molecule has 3 aromatic rings. The van der Waals surface area contributed by atoms with Crippen molar-refractivity contribution in [3.05, 3.63) is 59.9 Å². The maximum absolute atomic E-state index is 4.54. The van der Waals surface area contributed by atoms with Crippen molar-refractivity contribution in [2.45, 2.75) is 13.5 Å². The largest absolute Gasteiger partial charge is 0.357 e. The molecular formula is C19H22N4. The monoisotopic (exact) mass is 306 g/mol. The number of benzene rings is 1. The van der Waals surface area contributed by atoms with Crippen LogP contribution in [0.3, 0.4) is 0 Å². The number of hydrogen-bond donors (Lipinski definition) is 1. The Bertz CT molecular complexity index is 767. The Morgan fingerprint density at radius 1 is 1.04 bits per heavy atom. The summed E-state index contributed by atoms with van der Waals surface area (Å²) in [6.07, 6.45) is 1.89. The van der Waals surface area contributed by atoms with Crippen LogP contribution in [0, 0.1) is 6.92 Å². The highest BCUT2D eigenvalue weighted by Gasteiger charge is 2.19. The third kappa shape index (κ3) is 2.94. The molecule has 23 heavy (non-hydrogen) atoms. The number of nitrogens with zero attached hydrogens (tertiary/aromatic N) is 3. The number of aromatic nitrogens is 2. The first-order chi connectivity index (χ1) is 11.3. The SMILES string of the molecule is Cc1cccnc1N1CCN(Cc2cc3ccccc3[nH]2)CC1. The molecular weight excluding hydrogens is 284 g/mol. The van der Waals surface area contributed by atoms with Crippen molar-refractivity contribution in [2.24, 2.45) is 0 Å². The molecule has 3 heterocycles. The minimum absolute atomic E-state index is 0.990. The Hall–Kier alpha value is -2.33. The van der Waals surface area contributed by atoms with Crippen LogP contribution >= 0.6 is 0 Å². The molecule has 1 fully saturated rings. The summed E-state index contributed by atoms with van der Waals surface area (Å²) in [5.74, 6) is 1.14. The molecule has 0 radical (unpaired) electrons. The minimum atomic E-state index is 0.990. The van der Waals surface area contributed by atoms with Crippen molar-refractivity contribution in [2.75, 3.05) is 31.1 Å².